The molecule has 1 amide bonds. The highest BCUT2D eigenvalue weighted by atomic mass is 35.5. The predicted octanol–water partition coefficient (Wildman–Crippen LogP) is 3.07. The third-order valence-electron chi connectivity index (χ3n) is 4.74. The van der Waals surface area contributed by atoms with Gasteiger partial charge in [0.25, 0.3) is 0 Å². The predicted molar refractivity (Wildman–Crippen MR) is 107 cm³/mol. The van der Waals surface area contributed by atoms with Crippen LogP contribution < -0.4 is 5.32 Å². The van der Waals surface area contributed by atoms with Crippen molar-refractivity contribution in [3.05, 3.63) is 16.5 Å². The molecule has 2 atom stereocenters. The lowest BCUT2D eigenvalue weighted by Crippen LogP contribution is -2.34. The van der Waals surface area contributed by atoms with E-state index in [1.54, 1.807) is 0 Å². The van der Waals surface area contributed by atoms with Gasteiger partial charge >= 0.3 is 5.97 Å². The lowest BCUT2D eigenvalue weighted by molar-refractivity contribution is -0.148. The molecule has 0 bridgehead atoms. The van der Waals surface area contributed by atoms with Crippen LogP contribution in [0.5, 0.6) is 0 Å². The summed E-state index contributed by atoms with van der Waals surface area (Å²) in [6, 6.07) is 0. The summed E-state index contributed by atoms with van der Waals surface area (Å²) in [5, 5.41) is 10.8. The molecular formula is C19H30ClN5O3. The maximum Gasteiger partial charge on any atom is 0.308 e. The Labute approximate surface area is 170 Å². The zero-order chi connectivity index (χ0) is 20.7. The molecule has 2 aromatic heterocycles. The first-order chi connectivity index (χ1) is 13.4. The summed E-state index contributed by atoms with van der Waals surface area (Å²) in [6.45, 7) is 8.52. The van der Waals surface area contributed by atoms with Crippen molar-refractivity contribution in [2.45, 2.75) is 59.8 Å². The van der Waals surface area contributed by atoms with Crippen LogP contribution in [0.2, 0.25) is 5.02 Å². The van der Waals surface area contributed by atoms with Crippen LogP contribution in [0.25, 0.3) is 5.65 Å². The lowest BCUT2D eigenvalue weighted by atomic mass is 9.93. The molecule has 0 aliphatic rings. The van der Waals surface area contributed by atoms with Gasteiger partial charge in [-0.2, -0.15) is 4.63 Å². The molecule has 8 nitrogen and oxygen atoms in total. The minimum absolute atomic E-state index is 0.0608. The van der Waals surface area contributed by atoms with Crippen molar-refractivity contribution in [2.24, 2.45) is 11.8 Å². The summed E-state index contributed by atoms with van der Waals surface area (Å²) in [5.41, 5.74) is 1.40. The number of rotatable bonds is 11. The summed E-state index contributed by atoms with van der Waals surface area (Å²) in [5.74, 6) is -0.211. The van der Waals surface area contributed by atoms with E-state index in [9.17, 15) is 9.59 Å². The maximum absolute atomic E-state index is 12.5. The van der Waals surface area contributed by atoms with E-state index in [2.05, 4.69) is 20.5 Å². The van der Waals surface area contributed by atoms with E-state index in [1.807, 2.05) is 27.7 Å². The van der Waals surface area contributed by atoms with E-state index >= 15 is 0 Å². The molecule has 0 saturated carbocycles. The number of unbranched alkanes of at least 4 members (excludes halogenated alkanes) is 1. The van der Waals surface area contributed by atoms with Crippen molar-refractivity contribution >= 4 is 29.1 Å². The van der Waals surface area contributed by atoms with Crippen molar-refractivity contribution in [3.63, 3.8) is 0 Å². The molecule has 0 aliphatic heterocycles. The van der Waals surface area contributed by atoms with Crippen LogP contribution in [0.3, 0.4) is 0 Å². The molecule has 2 heterocycles. The van der Waals surface area contributed by atoms with Crippen LogP contribution in [-0.4, -0.2) is 44.8 Å². The molecule has 0 fully saturated rings. The number of hydrogen-bond donors (Lipinski definition) is 2. The molecule has 0 radical (unpaired) electrons. The Morgan fingerprint density at radius 3 is 2.75 bits per heavy atom. The van der Waals surface area contributed by atoms with Gasteiger partial charge in [0.1, 0.15) is 5.02 Å². The molecule has 28 heavy (non-hydrogen) atoms. The Morgan fingerprint density at radius 2 is 2.11 bits per heavy atom. The number of esters is 1. The van der Waals surface area contributed by atoms with Crippen LogP contribution in [0.4, 0.5) is 0 Å². The Balaban J connectivity index is 1.79. The number of aromatic nitrogens is 4. The van der Waals surface area contributed by atoms with E-state index in [1.165, 1.54) is 4.63 Å². The number of aromatic amines is 1. The number of nitrogens with one attached hydrogen (secondary N) is 2. The number of amides is 1. The lowest BCUT2D eigenvalue weighted by Gasteiger charge is -2.18. The molecule has 0 aliphatic carbocycles. The second-order valence-electron chi connectivity index (χ2n) is 7.12. The minimum Gasteiger partial charge on any atom is -0.465 e. The number of fused-ring (bicyclic) bond motifs is 1. The molecule has 0 spiro atoms. The highest BCUT2D eigenvalue weighted by molar-refractivity contribution is 6.34. The van der Waals surface area contributed by atoms with Gasteiger partial charge in [-0.1, -0.05) is 38.8 Å². The van der Waals surface area contributed by atoms with Crippen molar-refractivity contribution in [2.75, 3.05) is 13.2 Å². The monoisotopic (exact) mass is 411 g/mol. The molecule has 2 unspecified atom stereocenters. The topological polar surface area (TPSA) is 101 Å². The first kappa shape index (κ1) is 22.2. The van der Waals surface area contributed by atoms with Gasteiger partial charge in [-0.05, 0) is 26.2 Å². The van der Waals surface area contributed by atoms with Gasteiger partial charge in [0.15, 0.2) is 11.5 Å². The molecule has 2 rings (SSSR count). The Bertz CT molecular complexity index is 801. The average Bonchev–Trinajstić information content (AvgIpc) is 3.18. The van der Waals surface area contributed by atoms with Gasteiger partial charge in [-0.3, -0.25) is 14.7 Å². The van der Waals surface area contributed by atoms with Crippen LogP contribution in [0.15, 0.2) is 0 Å². The van der Waals surface area contributed by atoms with Gasteiger partial charge in [-0.15, -0.1) is 5.10 Å². The van der Waals surface area contributed by atoms with Crippen molar-refractivity contribution in [1.29, 1.82) is 0 Å². The maximum atomic E-state index is 12.5. The van der Waals surface area contributed by atoms with Gasteiger partial charge in [-0.25, -0.2) is 4.98 Å². The summed E-state index contributed by atoms with van der Waals surface area (Å²) >= 11 is 6.15. The van der Waals surface area contributed by atoms with E-state index in [0.29, 0.717) is 48.9 Å². The number of aryl methyl sites for hydroxylation is 1. The van der Waals surface area contributed by atoms with Crippen molar-refractivity contribution in [1.82, 2.24) is 25.1 Å². The van der Waals surface area contributed by atoms with Crippen molar-refractivity contribution in [3.8, 4) is 0 Å². The average molecular weight is 412 g/mol. The summed E-state index contributed by atoms with van der Waals surface area (Å²) in [7, 11) is 0. The van der Waals surface area contributed by atoms with Crippen LogP contribution in [0.1, 0.15) is 58.0 Å². The first-order valence-corrected chi connectivity index (χ1v) is 10.3. The standard InChI is InChI=1S/C19H30ClN5O3/c1-5-7-10-28-19(27)12(3)11-14(6-2)18(26)21-9-8-15-22-17-16(20)13(4)23-25(17)24-15/h12,14,23H,5-11H2,1-4H3,(H,21,26). The number of nitrogens with zero attached hydrogens (tertiary/aromatic N) is 3. The fraction of sp³-hybridized carbons (Fsp3) is 0.684. The number of carbonyl (C=O) groups is 2. The fourth-order valence-corrected chi connectivity index (χ4v) is 3.10. The molecule has 0 saturated heterocycles. The molecule has 2 aromatic rings. The number of halogens is 1. The second-order valence-corrected chi connectivity index (χ2v) is 7.50. The van der Waals surface area contributed by atoms with E-state index in [0.717, 1.165) is 18.5 Å². The number of carbonyl (C=O) groups excluding carboxylic acids is 2. The first-order valence-electron chi connectivity index (χ1n) is 9.91. The zero-order valence-corrected chi connectivity index (χ0v) is 17.8. The SMILES string of the molecule is CCCCOC(=O)C(C)CC(CC)C(=O)NCCc1nc2c(Cl)c(C)[nH]n2n1. The van der Waals surface area contributed by atoms with Gasteiger partial charge in [0.2, 0.25) is 5.91 Å². The third-order valence-corrected chi connectivity index (χ3v) is 5.20. The Morgan fingerprint density at radius 1 is 1.36 bits per heavy atom. The van der Waals surface area contributed by atoms with E-state index in [4.69, 9.17) is 16.3 Å². The van der Waals surface area contributed by atoms with Crippen molar-refractivity contribution < 1.29 is 14.3 Å². The molecule has 9 heteroatoms. The summed E-state index contributed by atoms with van der Waals surface area (Å²) < 4.78 is 6.78. The normalized spacial score (nSPS) is 13.5. The quantitative estimate of drug-likeness (QED) is 0.437. The molecule has 2 N–H and O–H groups in total. The summed E-state index contributed by atoms with van der Waals surface area (Å²) in [6.07, 6.45) is 3.49. The minimum atomic E-state index is -0.298. The number of ether oxygens (including phenoxy) is 1. The Hall–Kier alpha value is -2.09. The number of hydrogen-bond acceptors (Lipinski definition) is 5. The molecule has 0 aromatic carbocycles. The molecule has 156 valence electrons. The Kier molecular flexibility index (Phi) is 8.29. The fourth-order valence-electron chi connectivity index (χ4n) is 2.94. The van der Waals surface area contributed by atoms with Gasteiger partial charge in [0, 0.05) is 18.9 Å². The van der Waals surface area contributed by atoms with E-state index in [-0.39, 0.29) is 23.7 Å². The number of H-pyrrole nitrogens is 1. The second kappa shape index (κ2) is 10.5. The largest absolute Gasteiger partial charge is 0.465 e. The highest BCUT2D eigenvalue weighted by Crippen LogP contribution is 2.19. The third kappa shape index (κ3) is 5.70. The zero-order valence-electron chi connectivity index (χ0n) is 17.0. The van der Waals surface area contributed by atoms with Gasteiger partial charge < -0.3 is 10.1 Å². The summed E-state index contributed by atoms with van der Waals surface area (Å²) in [4.78, 5) is 28.9. The molecular weight excluding hydrogens is 382 g/mol. The van der Waals surface area contributed by atoms with Gasteiger partial charge in [0.05, 0.1) is 18.2 Å². The smallest absolute Gasteiger partial charge is 0.308 e. The van der Waals surface area contributed by atoms with Crippen LogP contribution >= 0.6 is 11.6 Å². The van der Waals surface area contributed by atoms with Crippen LogP contribution in [-0.2, 0) is 20.7 Å². The highest BCUT2D eigenvalue weighted by Gasteiger charge is 2.24. The van der Waals surface area contributed by atoms with Crippen LogP contribution in [0, 0.1) is 18.8 Å². The van der Waals surface area contributed by atoms with E-state index < -0.39 is 0 Å².